The van der Waals surface area contributed by atoms with Crippen molar-refractivity contribution < 1.29 is 9.84 Å². The number of nitrogens with one attached hydrogen (secondary N) is 2. The van der Waals surface area contributed by atoms with Crippen LogP contribution in [-0.2, 0) is 11.3 Å². The number of ether oxygens (including phenoxy) is 1. The van der Waals surface area contributed by atoms with Crippen molar-refractivity contribution in [2.24, 2.45) is 10.9 Å². The number of guanidine groups is 1. The minimum Gasteiger partial charge on any atom is -0.389 e. The van der Waals surface area contributed by atoms with Crippen LogP contribution in [0.2, 0.25) is 0 Å². The zero-order valence-electron chi connectivity index (χ0n) is 13.9. The van der Waals surface area contributed by atoms with Crippen LogP contribution in [-0.4, -0.2) is 43.5 Å². The molecule has 0 aliphatic heterocycles. The molecule has 0 aliphatic carbocycles. The van der Waals surface area contributed by atoms with Crippen molar-refractivity contribution in [3.63, 3.8) is 0 Å². The molecule has 5 nitrogen and oxygen atoms in total. The lowest BCUT2D eigenvalue weighted by Crippen LogP contribution is -2.42. The van der Waals surface area contributed by atoms with Crippen molar-refractivity contribution in [3.8, 4) is 0 Å². The van der Waals surface area contributed by atoms with E-state index in [2.05, 4.69) is 29.5 Å². The summed E-state index contributed by atoms with van der Waals surface area (Å²) in [6.45, 7) is 8.99. The van der Waals surface area contributed by atoms with Crippen LogP contribution in [0.3, 0.4) is 0 Å². The first kappa shape index (κ1) is 18.5. The van der Waals surface area contributed by atoms with Gasteiger partial charge in [0.15, 0.2) is 5.96 Å². The molecule has 0 aliphatic rings. The van der Waals surface area contributed by atoms with Gasteiger partial charge in [-0.2, -0.15) is 0 Å². The summed E-state index contributed by atoms with van der Waals surface area (Å²) in [6.07, 6.45) is -0.542. The highest BCUT2D eigenvalue weighted by Crippen LogP contribution is 2.00. The fourth-order valence-electron chi connectivity index (χ4n) is 1.81. The zero-order chi connectivity index (χ0) is 16.2. The lowest BCUT2D eigenvalue weighted by molar-refractivity contribution is 0.0280. The fourth-order valence-corrected chi connectivity index (χ4v) is 1.81. The van der Waals surface area contributed by atoms with Crippen molar-refractivity contribution in [1.82, 2.24) is 10.6 Å². The molecular weight excluding hydrogens is 278 g/mol. The number of aliphatic imine (C=N–C) groups is 1. The SMILES string of the molecule is CCNC(=NCc1ccccc1)NCC(O)COCC(C)C. The molecule has 1 unspecified atom stereocenters. The van der Waals surface area contributed by atoms with Gasteiger partial charge >= 0.3 is 0 Å². The van der Waals surface area contributed by atoms with E-state index in [1.165, 1.54) is 0 Å². The van der Waals surface area contributed by atoms with Crippen LogP contribution in [0, 0.1) is 5.92 Å². The van der Waals surface area contributed by atoms with E-state index in [1.54, 1.807) is 0 Å². The average molecular weight is 307 g/mol. The molecule has 1 aromatic rings. The average Bonchev–Trinajstić information content (AvgIpc) is 2.50. The van der Waals surface area contributed by atoms with Crippen LogP contribution in [0.15, 0.2) is 35.3 Å². The lowest BCUT2D eigenvalue weighted by atomic mass is 10.2. The lowest BCUT2D eigenvalue weighted by Gasteiger charge is -2.16. The third-order valence-corrected chi connectivity index (χ3v) is 2.87. The van der Waals surface area contributed by atoms with Crippen LogP contribution in [0.1, 0.15) is 26.3 Å². The molecule has 5 heteroatoms. The molecule has 0 saturated heterocycles. The summed E-state index contributed by atoms with van der Waals surface area (Å²) < 4.78 is 5.43. The first-order valence-corrected chi connectivity index (χ1v) is 7.93. The van der Waals surface area contributed by atoms with Crippen molar-refractivity contribution in [2.75, 3.05) is 26.3 Å². The minimum atomic E-state index is -0.542. The van der Waals surface area contributed by atoms with E-state index in [9.17, 15) is 5.11 Å². The Morgan fingerprint density at radius 1 is 1.18 bits per heavy atom. The monoisotopic (exact) mass is 307 g/mol. The molecule has 0 aromatic heterocycles. The quantitative estimate of drug-likeness (QED) is 0.480. The number of hydrogen-bond acceptors (Lipinski definition) is 3. The van der Waals surface area contributed by atoms with Gasteiger partial charge < -0.3 is 20.5 Å². The van der Waals surface area contributed by atoms with Gasteiger partial charge in [-0.05, 0) is 18.4 Å². The number of aliphatic hydroxyl groups excluding tert-OH is 1. The number of benzene rings is 1. The maximum atomic E-state index is 9.89. The molecule has 22 heavy (non-hydrogen) atoms. The van der Waals surface area contributed by atoms with Gasteiger partial charge in [-0.1, -0.05) is 44.2 Å². The van der Waals surface area contributed by atoms with Crippen molar-refractivity contribution in [1.29, 1.82) is 0 Å². The molecule has 1 aromatic carbocycles. The van der Waals surface area contributed by atoms with Crippen molar-refractivity contribution in [3.05, 3.63) is 35.9 Å². The number of nitrogens with zero attached hydrogens (tertiary/aromatic N) is 1. The molecular formula is C17H29N3O2. The van der Waals surface area contributed by atoms with E-state index in [0.29, 0.717) is 38.2 Å². The van der Waals surface area contributed by atoms with E-state index in [-0.39, 0.29) is 0 Å². The third-order valence-electron chi connectivity index (χ3n) is 2.87. The van der Waals surface area contributed by atoms with Gasteiger partial charge in [0.1, 0.15) is 0 Å². The smallest absolute Gasteiger partial charge is 0.191 e. The summed E-state index contributed by atoms with van der Waals surface area (Å²) in [5.74, 6) is 1.18. The van der Waals surface area contributed by atoms with Crippen molar-refractivity contribution >= 4 is 5.96 Å². The maximum Gasteiger partial charge on any atom is 0.191 e. The zero-order valence-corrected chi connectivity index (χ0v) is 13.9. The van der Waals surface area contributed by atoms with Gasteiger partial charge in [0, 0.05) is 19.7 Å². The first-order valence-electron chi connectivity index (χ1n) is 7.93. The molecule has 0 radical (unpaired) electrons. The Bertz CT molecular complexity index is 421. The Morgan fingerprint density at radius 2 is 1.91 bits per heavy atom. The molecule has 0 amide bonds. The van der Waals surface area contributed by atoms with Crippen LogP contribution >= 0.6 is 0 Å². The second-order valence-electron chi connectivity index (χ2n) is 5.65. The summed E-state index contributed by atoms with van der Waals surface area (Å²) in [6, 6.07) is 10.1. The van der Waals surface area contributed by atoms with E-state index in [1.807, 2.05) is 37.3 Å². The molecule has 0 saturated carbocycles. The molecule has 0 heterocycles. The number of hydrogen-bond donors (Lipinski definition) is 3. The van der Waals surface area contributed by atoms with E-state index in [4.69, 9.17) is 4.74 Å². The van der Waals surface area contributed by atoms with Crippen LogP contribution < -0.4 is 10.6 Å². The van der Waals surface area contributed by atoms with Gasteiger partial charge in [-0.25, -0.2) is 4.99 Å². The van der Waals surface area contributed by atoms with Gasteiger partial charge in [-0.15, -0.1) is 0 Å². The summed E-state index contributed by atoms with van der Waals surface area (Å²) >= 11 is 0. The molecule has 0 bridgehead atoms. The Hall–Kier alpha value is -1.59. The van der Waals surface area contributed by atoms with Crippen LogP contribution in [0.5, 0.6) is 0 Å². The van der Waals surface area contributed by atoms with Crippen LogP contribution in [0.25, 0.3) is 0 Å². The van der Waals surface area contributed by atoms with Gasteiger partial charge in [0.05, 0.1) is 19.3 Å². The Labute approximate surface area is 133 Å². The third kappa shape index (κ3) is 8.64. The summed E-state index contributed by atoms with van der Waals surface area (Å²) in [7, 11) is 0. The summed E-state index contributed by atoms with van der Waals surface area (Å²) in [4.78, 5) is 4.51. The maximum absolute atomic E-state index is 9.89. The van der Waals surface area contributed by atoms with Gasteiger partial charge in [0.25, 0.3) is 0 Å². The highest BCUT2D eigenvalue weighted by Gasteiger charge is 2.06. The summed E-state index contributed by atoms with van der Waals surface area (Å²) in [5, 5.41) is 16.2. The predicted octanol–water partition coefficient (Wildman–Crippen LogP) is 1.78. The molecule has 0 fully saturated rings. The fraction of sp³-hybridized carbons (Fsp3) is 0.588. The topological polar surface area (TPSA) is 65.9 Å². The second-order valence-corrected chi connectivity index (χ2v) is 5.65. The molecule has 0 spiro atoms. The Balaban J connectivity index is 2.36. The van der Waals surface area contributed by atoms with Crippen LogP contribution in [0.4, 0.5) is 0 Å². The Morgan fingerprint density at radius 3 is 2.55 bits per heavy atom. The number of rotatable bonds is 9. The minimum absolute atomic E-state index is 0.337. The molecule has 1 rings (SSSR count). The first-order chi connectivity index (χ1) is 10.6. The summed E-state index contributed by atoms with van der Waals surface area (Å²) in [5.41, 5.74) is 1.15. The molecule has 1 atom stereocenters. The van der Waals surface area contributed by atoms with Gasteiger partial charge in [0.2, 0.25) is 0 Å². The Kier molecular flexibility index (Phi) is 9.26. The predicted molar refractivity (Wildman–Crippen MR) is 90.9 cm³/mol. The highest BCUT2D eigenvalue weighted by molar-refractivity contribution is 5.79. The standard InChI is InChI=1S/C17H29N3O2/c1-4-18-17(19-10-15-8-6-5-7-9-15)20-11-16(21)13-22-12-14(2)3/h5-9,14,16,21H,4,10-13H2,1-3H3,(H2,18,19,20). The molecule has 124 valence electrons. The highest BCUT2D eigenvalue weighted by atomic mass is 16.5. The largest absolute Gasteiger partial charge is 0.389 e. The number of aliphatic hydroxyl groups is 1. The van der Waals surface area contributed by atoms with E-state index < -0.39 is 6.10 Å². The second kappa shape index (κ2) is 11.0. The normalized spacial score (nSPS) is 13.2. The van der Waals surface area contributed by atoms with E-state index in [0.717, 1.165) is 12.1 Å². The van der Waals surface area contributed by atoms with Crippen molar-refractivity contribution in [2.45, 2.75) is 33.4 Å². The molecule has 3 N–H and O–H groups in total. The van der Waals surface area contributed by atoms with Gasteiger partial charge in [-0.3, -0.25) is 0 Å². The van der Waals surface area contributed by atoms with E-state index >= 15 is 0 Å².